The van der Waals surface area contributed by atoms with Crippen molar-refractivity contribution in [3.63, 3.8) is 0 Å². The van der Waals surface area contributed by atoms with Crippen LogP contribution in [-0.2, 0) is 20.0 Å². The summed E-state index contributed by atoms with van der Waals surface area (Å²) in [6, 6.07) is 8.96. The van der Waals surface area contributed by atoms with Gasteiger partial charge in [-0.2, -0.15) is 8.42 Å². The van der Waals surface area contributed by atoms with E-state index >= 15 is 0 Å². The lowest BCUT2D eigenvalue weighted by Crippen LogP contribution is -2.12. The first-order chi connectivity index (χ1) is 8.55. The minimum Gasteiger partial charge on any atom is -0.396 e. The van der Waals surface area contributed by atoms with Gasteiger partial charge < -0.3 is 5.11 Å². The normalized spacial score (nSPS) is 13.3. The molecule has 0 spiro atoms. The third-order valence-electron chi connectivity index (χ3n) is 2.08. The van der Waals surface area contributed by atoms with E-state index in [-0.39, 0.29) is 13.0 Å². The molecule has 0 saturated heterocycles. The van der Waals surface area contributed by atoms with Crippen LogP contribution in [0.3, 0.4) is 0 Å². The SMILES string of the molecule is CS(=O)(=O)C(CCO)c1ccccc1.CS(=O)(=O)O. The number of rotatable bonds is 4. The van der Waals surface area contributed by atoms with Crippen LogP contribution < -0.4 is 0 Å². The van der Waals surface area contributed by atoms with E-state index in [4.69, 9.17) is 9.66 Å². The van der Waals surface area contributed by atoms with E-state index in [1.54, 1.807) is 24.3 Å². The van der Waals surface area contributed by atoms with E-state index in [2.05, 4.69) is 0 Å². The predicted octanol–water partition coefficient (Wildman–Crippen LogP) is 0.659. The van der Waals surface area contributed by atoms with Gasteiger partial charge in [0.25, 0.3) is 10.1 Å². The van der Waals surface area contributed by atoms with Gasteiger partial charge in [-0.05, 0) is 12.0 Å². The van der Waals surface area contributed by atoms with Crippen molar-refractivity contribution in [2.75, 3.05) is 19.1 Å². The zero-order valence-corrected chi connectivity index (χ0v) is 12.4. The van der Waals surface area contributed by atoms with Crippen molar-refractivity contribution in [2.45, 2.75) is 11.7 Å². The van der Waals surface area contributed by atoms with Gasteiger partial charge in [-0.15, -0.1) is 0 Å². The highest BCUT2D eigenvalue weighted by Crippen LogP contribution is 2.24. The summed E-state index contributed by atoms with van der Waals surface area (Å²) in [7, 11) is -6.81. The van der Waals surface area contributed by atoms with Crippen LogP contribution in [0.25, 0.3) is 0 Å². The van der Waals surface area contributed by atoms with Crippen LogP contribution in [0.5, 0.6) is 0 Å². The second-order valence-electron chi connectivity index (χ2n) is 3.97. The molecule has 8 heteroatoms. The average molecular weight is 310 g/mol. The summed E-state index contributed by atoms with van der Waals surface area (Å²) in [4.78, 5) is 0. The van der Waals surface area contributed by atoms with Crippen molar-refractivity contribution < 1.29 is 26.5 Å². The molecule has 1 aromatic carbocycles. The predicted molar refractivity (Wildman–Crippen MR) is 73.2 cm³/mol. The number of sulfone groups is 1. The van der Waals surface area contributed by atoms with Gasteiger partial charge in [0, 0.05) is 12.9 Å². The van der Waals surface area contributed by atoms with Crippen LogP contribution in [0.2, 0.25) is 0 Å². The Morgan fingerprint density at radius 3 is 1.79 bits per heavy atom. The molecule has 110 valence electrons. The van der Waals surface area contributed by atoms with Crippen molar-refractivity contribution >= 4 is 20.0 Å². The van der Waals surface area contributed by atoms with E-state index in [0.29, 0.717) is 6.26 Å². The minimum absolute atomic E-state index is 0.118. The van der Waals surface area contributed by atoms with Crippen LogP contribution in [-0.4, -0.2) is 45.6 Å². The Morgan fingerprint density at radius 1 is 1.05 bits per heavy atom. The Bertz CT molecular complexity index is 554. The van der Waals surface area contributed by atoms with Gasteiger partial charge >= 0.3 is 0 Å². The molecular formula is C11H18O6S2. The van der Waals surface area contributed by atoms with Gasteiger partial charge in [0.2, 0.25) is 0 Å². The molecule has 0 fully saturated rings. The fourth-order valence-electron chi connectivity index (χ4n) is 1.41. The van der Waals surface area contributed by atoms with Gasteiger partial charge in [0.05, 0.1) is 11.5 Å². The monoisotopic (exact) mass is 310 g/mol. The third kappa shape index (κ3) is 9.60. The Morgan fingerprint density at radius 2 is 1.47 bits per heavy atom. The van der Waals surface area contributed by atoms with Crippen molar-refractivity contribution in [2.24, 2.45) is 0 Å². The summed E-state index contributed by atoms with van der Waals surface area (Å²) in [6.07, 6.45) is 2.16. The number of aliphatic hydroxyl groups is 1. The number of hydrogen-bond donors (Lipinski definition) is 2. The van der Waals surface area contributed by atoms with Crippen LogP contribution >= 0.6 is 0 Å². The zero-order chi connectivity index (χ0) is 15.1. The van der Waals surface area contributed by atoms with Crippen LogP contribution in [0.1, 0.15) is 17.2 Å². The quantitative estimate of drug-likeness (QED) is 0.791. The van der Waals surface area contributed by atoms with Gasteiger partial charge in [0.1, 0.15) is 0 Å². The van der Waals surface area contributed by atoms with Crippen molar-refractivity contribution in [3.05, 3.63) is 35.9 Å². The van der Waals surface area contributed by atoms with Gasteiger partial charge in [0.15, 0.2) is 9.84 Å². The molecule has 6 nitrogen and oxygen atoms in total. The number of benzene rings is 1. The molecule has 0 radical (unpaired) electrons. The maximum Gasteiger partial charge on any atom is 0.261 e. The molecule has 0 saturated carbocycles. The first-order valence-corrected chi connectivity index (χ1v) is 9.13. The Kier molecular flexibility index (Phi) is 7.20. The van der Waals surface area contributed by atoms with Crippen molar-refractivity contribution in [1.82, 2.24) is 0 Å². The Labute approximate surface area is 113 Å². The standard InChI is InChI=1S/C10H14O3S.CH4O3S/c1-14(12,13)10(7-8-11)9-5-3-2-4-6-9;1-5(2,3)4/h2-6,10-11H,7-8H2,1H3;1H3,(H,2,3,4). The molecule has 1 unspecified atom stereocenters. The largest absolute Gasteiger partial charge is 0.396 e. The second kappa shape index (κ2) is 7.59. The summed E-state index contributed by atoms with van der Waals surface area (Å²) in [5, 5.41) is 8.21. The molecule has 0 aliphatic rings. The molecular weight excluding hydrogens is 292 g/mol. The summed E-state index contributed by atoms with van der Waals surface area (Å²) >= 11 is 0. The molecule has 0 aliphatic carbocycles. The fourth-order valence-corrected chi connectivity index (χ4v) is 2.60. The highest BCUT2D eigenvalue weighted by Gasteiger charge is 2.21. The van der Waals surface area contributed by atoms with Crippen LogP contribution in [0.15, 0.2) is 30.3 Å². The average Bonchev–Trinajstić information content (AvgIpc) is 2.23. The fraction of sp³-hybridized carbons (Fsp3) is 0.455. The molecule has 1 atom stereocenters. The van der Waals surface area contributed by atoms with E-state index in [9.17, 15) is 16.8 Å². The molecule has 1 aromatic rings. The van der Waals surface area contributed by atoms with Crippen molar-refractivity contribution in [1.29, 1.82) is 0 Å². The molecule has 0 heterocycles. The van der Waals surface area contributed by atoms with E-state index in [1.807, 2.05) is 6.07 Å². The van der Waals surface area contributed by atoms with Crippen molar-refractivity contribution in [3.8, 4) is 0 Å². The highest BCUT2D eigenvalue weighted by molar-refractivity contribution is 7.90. The summed E-state index contributed by atoms with van der Waals surface area (Å²) in [5.74, 6) is 0. The minimum atomic E-state index is -3.67. The maximum absolute atomic E-state index is 11.4. The highest BCUT2D eigenvalue weighted by atomic mass is 32.2. The first kappa shape index (κ1) is 18.0. The Balaban J connectivity index is 0.000000555. The molecule has 2 N–H and O–H groups in total. The lowest BCUT2D eigenvalue weighted by Gasteiger charge is -2.13. The third-order valence-corrected chi connectivity index (χ3v) is 3.62. The van der Waals surface area contributed by atoms with E-state index in [0.717, 1.165) is 5.56 Å². The number of aliphatic hydroxyl groups excluding tert-OH is 1. The smallest absolute Gasteiger partial charge is 0.261 e. The maximum atomic E-state index is 11.4. The molecule has 19 heavy (non-hydrogen) atoms. The topological polar surface area (TPSA) is 109 Å². The lowest BCUT2D eigenvalue weighted by atomic mass is 10.1. The molecule has 1 rings (SSSR count). The van der Waals surface area contributed by atoms with Gasteiger partial charge in [-0.3, -0.25) is 4.55 Å². The molecule has 0 aliphatic heterocycles. The van der Waals surface area contributed by atoms with E-state index in [1.165, 1.54) is 6.26 Å². The molecule has 0 bridgehead atoms. The zero-order valence-electron chi connectivity index (χ0n) is 10.7. The van der Waals surface area contributed by atoms with Crippen LogP contribution in [0.4, 0.5) is 0 Å². The first-order valence-electron chi connectivity index (χ1n) is 5.33. The summed E-state index contributed by atoms with van der Waals surface area (Å²) in [5.41, 5.74) is 0.740. The van der Waals surface area contributed by atoms with Crippen LogP contribution in [0, 0.1) is 0 Å². The molecule has 0 aromatic heterocycles. The number of hydrogen-bond acceptors (Lipinski definition) is 5. The summed E-state index contributed by atoms with van der Waals surface area (Å²) in [6.45, 7) is -0.118. The van der Waals surface area contributed by atoms with E-state index < -0.39 is 25.2 Å². The second-order valence-corrected chi connectivity index (χ2v) is 7.67. The summed E-state index contributed by atoms with van der Waals surface area (Å²) < 4.78 is 48.7. The lowest BCUT2D eigenvalue weighted by molar-refractivity contribution is 0.285. The van der Waals surface area contributed by atoms with Gasteiger partial charge in [-0.1, -0.05) is 30.3 Å². The Hall–Kier alpha value is -0.960. The van der Waals surface area contributed by atoms with Gasteiger partial charge in [-0.25, -0.2) is 8.42 Å². The molecule has 0 amide bonds.